The van der Waals surface area contributed by atoms with E-state index in [0.717, 1.165) is 116 Å². The van der Waals surface area contributed by atoms with E-state index in [0.29, 0.717) is 64.6 Å². The van der Waals surface area contributed by atoms with Gasteiger partial charge in [0, 0.05) is 119 Å². The number of benzene rings is 12. The van der Waals surface area contributed by atoms with Crippen LogP contribution in [0, 0.1) is 48.5 Å². The summed E-state index contributed by atoms with van der Waals surface area (Å²) >= 11 is 0. The largest absolute Gasteiger partial charge is 2.00 e. The molecule has 0 radical (unpaired) electrons. The van der Waals surface area contributed by atoms with Gasteiger partial charge in [-0.05, 0) is 72.7 Å². The van der Waals surface area contributed by atoms with Crippen molar-refractivity contribution >= 4 is 92.9 Å². The van der Waals surface area contributed by atoms with Gasteiger partial charge in [-0.1, -0.05) is 190 Å². The van der Waals surface area contributed by atoms with Gasteiger partial charge in [-0.15, -0.1) is 95.1 Å². The minimum absolute atomic E-state index is 0. The number of hydrogen-bond donors (Lipinski definition) is 0. The minimum atomic E-state index is -0.127. The quantitative estimate of drug-likeness (QED) is 0.0672. The summed E-state index contributed by atoms with van der Waals surface area (Å²) in [5.41, 5.74) is 29.0. The molecule has 12 heterocycles. The molecule has 0 fully saturated rings. The summed E-state index contributed by atoms with van der Waals surface area (Å²) < 4.78 is 55.9. The first-order chi connectivity index (χ1) is 65.1. The van der Waals surface area contributed by atoms with E-state index < -0.39 is 0 Å². The third kappa shape index (κ3) is 19.3. The molecule has 0 atom stereocenters. The predicted octanol–water partition coefficient (Wildman–Crippen LogP) is 16.1. The van der Waals surface area contributed by atoms with Crippen LogP contribution in [0.2, 0.25) is 0 Å². The van der Waals surface area contributed by atoms with E-state index in [1.165, 1.54) is 38.6 Å². The SMILES string of the molecule is [2H]c1ccc(B2c3[c-]c(-c4[c-]c(Oc5ccccn5)ccc4)ccc3-c3ccccc32)nc1.[2H]c1cccc(B2c3[c-]c(-c4[c-]c(Oc5ccccn5)ccc4)ccc3-c3ccccc32)n1.[2H]c1cccnc1B1c2[c-]c(-c3[c-]c(Oc4ccccn4)ccc3)ccc2-c2ccccc21.[2H]c1ccnc(B2c3[c-]c(-c4[c-]c(Oc5ccccn5)ccc4)ccc3-c3ccccc32)c1.[Pt+2].[Pt+2].[Pt+2].[Pt+2]. The first-order valence-corrected chi connectivity index (χ1v) is 41.8. The maximum Gasteiger partial charge on any atom is 2.00 e. The van der Waals surface area contributed by atoms with Gasteiger partial charge in [-0.3, -0.25) is 19.9 Å². The van der Waals surface area contributed by atoms with Crippen molar-refractivity contribution in [1.29, 1.82) is 0 Å². The second kappa shape index (κ2) is 41.9. The summed E-state index contributed by atoms with van der Waals surface area (Å²) in [7, 11) is 0. The molecule has 0 spiro atoms. The van der Waals surface area contributed by atoms with Gasteiger partial charge in [0.05, 0.1) is 5.48 Å². The molecule has 4 aliphatic rings. The molecule has 0 saturated carbocycles. The number of hydrogen-bond acceptors (Lipinski definition) is 12. The fourth-order valence-electron chi connectivity index (χ4n) is 17.1. The van der Waals surface area contributed by atoms with Crippen molar-refractivity contribution in [3.8, 4) is 136 Å². The number of fused-ring (bicyclic) bond motifs is 12. The standard InChI is InChI=1S/4C28H17BN2O.4Pt/c4*1-2-11-25-23(10-1)24-15-14-21(19-26(24)29(25)27-12-3-5-16-30-27)20-8-7-9-22(18-20)32-28-13-4-6-17-31-28;;;;/h4*1-17H;;;;/q4*-2;4*+2/i16D;12D;5D;3D;;;;. The van der Waals surface area contributed by atoms with Crippen molar-refractivity contribution in [2.24, 2.45) is 0 Å². The Kier molecular flexibility index (Phi) is 26.9. The van der Waals surface area contributed by atoms with Gasteiger partial charge in [-0.25, -0.2) is 64.4 Å². The number of nitrogens with zero attached hydrogens (tertiary/aromatic N) is 8. The second-order valence-corrected chi connectivity index (χ2v) is 30.4. The molecule has 0 unspecified atom stereocenters. The number of ether oxygens (including phenoxy) is 4. The summed E-state index contributed by atoms with van der Waals surface area (Å²) in [4.78, 5) is 35.2. The molecular weight excluding hydrogens is 2340 g/mol. The maximum absolute atomic E-state index is 8.47. The van der Waals surface area contributed by atoms with Crippen molar-refractivity contribution in [2.45, 2.75) is 0 Å². The van der Waals surface area contributed by atoms with Crippen molar-refractivity contribution in [3.63, 3.8) is 0 Å². The van der Waals surface area contributed by atoms with Crippen molar-refractivity contribution in [1.82, 2.24) is 39.9 Å². The fraction of sp³-hybridized carbons (Fsp3) is 0. The van der Waals surface area contributed by atoms with Gasteiger partial charge in [0.25, 0.3) is 0 Å². The average Bonchev–Trinajstić information content (AvgIpc) is 1.66. The Bertz CT molecular complexity index is 7480. The van der Waals surface area contributed by atoms with E-state index in [4.69, 9.17) is 24.4 Å². The molecule has 20 aromatic rings. The Morgan fingerprint density at radius 2 is 0.485 bits per heavy atom. The van der Waals surface area contributed by atoms with Crippen molar-refractivity contribution in [3.05, 3.63) is 462 Å². The molecule has 0 aliphatic carbocycles. The molecule has 20 heteroatoms. The zero-order valence-corrected chi connectivity index (χ0v) is 78.8. The summed E-state index contributed by atoms with van der Waals surface area (Å²) in [6.45, 7) is -0.272. The predicted molar refractivity (Wildman–Crippen MR) is 513 cm³/mol. The van der Waals surface area contributed by atoms with Crippen LogP contribution in [0.4, 0.5) is 0 Å². The van der Waals surface area contributed by atoms with Crippen LogP contribution in [-0.2, 0) is 84.3 Å². The van der Waals surface area contributed by atoms with Gasteiger partial charge in [0.2, 0.25) is 50.4 Å². The van der Waals surface area contributed by atoms with Crippen molar-refractivity contribution in [2.75, 3.05) is 0 Å². The monoisotopic (exact) mass is 2420 g/mol. The van der Waals surface area contributed by atoms with Crippen LogP contribution in [0.1, 0.15) is 5.48 Å². The summed E-state index contributed by atoms with van der Waals surface area (Å²) in [5.74, 6) is 4.51. The van der Waals surface area contributed by atoms with Gasteiger partial charge in [-0.2, -0.15) is 119 Å². The zero-order chi connectivity index (χ0) is 88.8. The van der Waals surface area contributed by atoms with Crippen molar-refractivity contribution < 1.29 is 109 Å². The molecule has 8 aromatic heterocycles. The van der Waals surface area contributed by atoms with Crippen LogP contribution in [0.3, 0.4) is 0 Å². The summed E-state index contributed by atoms with van der Waals surface area (Å²) in [6, 6.07) is 142. The topological polar surface area (TPSA) is 140 Å². The molecule has 0 bridgehead atoms. The normalized spacial score (nSPS) is 11.8. The first kappa shape index (κ1) is 84.9. The molecule has 0 amide bonds. The number of rotatable bonds is 16. The maximum atomic E-state index is 8.47. The van der Waals surface area contributed by atoms with Crippen LogP contribution in [-0.4, -0.2) is 66.7 Å². The molecule has 0 N–H and O–H groups in total. The molecule has 4 aliphatic heterocycles. The van der Waals surface area contributed by atoms with Gasteiger partial charge < -0.3 is 18.9 Å². The molecule has 632 valence electrons. The Morgan fingerprint density at radius 3 is 0.818 bits per heavy atom. The van der Waals surface area contributed by atoms with Gasteiger partial charge in [0.1, 0.15) is 0 Å². The van der Waals surface area contributed by atoms with E-state index in [1.807, 2.05) is 182 Å². The summed E-state index contributed by atoms with van der Waals surface area (Å²) in [6.07, 6.45) is 12.1. The Hall–Kier alpha value is -13.9. The van der Waals surface area contributed by atoms with Crippen LogP contribution >= 0.6 is 0 Å². The number of pyridine rings is 8. The van der Waals surface area contributed by atoms with Gasteiger partial charge >= 0.3 is 84.3 Å². The molecule has 0 saturated heterocycles. The van der Waals surface area contributed by atoms with E-state index in [2.05, 4.69) is 222 Å². The second-order valence-electron chi connectivity index (χ2n) is 30.4. The van der Waals surface area contributed by atoms with Crippen LogP contribution < -0.4 is 85.0 Å². The Morgan fingerprint density at radius 1 is 0.197 bits per heavy atom. The Labute approximate surface area is 831 Å². The fourth-order valence-corrected chi connectivity index (χ4v) is 17.1. The van der Waals surface area contributed by atoms with Gasteiger partial charge in [0.15, 0.2) is 0 Å². The van der Waals surface area contributed by atoms with E-state index in [-0.39, 0.29) is 117 Å². The molecule has 12 aromatic carbocycles. The molecule has 24 rings (SSSR count). The first-order valence-electron chi connectivity index (χ1n) is 43.8. The van der Waals surface area contributed by atoms with E-state index >= 15 is 0 Å². The van der Waals surface area contributed by atoms with E-state index in [1.54, 1.807) is 73.7 Å². The third-order valence-corrected chi connectivity index (χ3v) is 22.6. The van der Waals surface area contributed by atoms with E-state index in [9.17, 15) is 0 Å². The minimum Gasteiger partial charge on any atom is -0.460 e. The molecule has 12 nitrogen and oxygen atoms in total. The number of aromatic nitrogens is 8. The molecular formula is C112H68B4N8O4Pt4. The van der Waals surface area contributed by atoms with Crippen LogP contribution in [0.25, 0.3) is 89.0 Å². The smallest absolute Gasteiger partial charge is 0.460 e. The Balaban J connectivity index is 0.000000125. The van der Waals surface area contributed by atoms with Crippen LogP contribution in [0.5, 0.6) is 46.5 Å². The molecule has 132 heavy (non-hydrogen) atoms. The van der Waals surface area contributed by atoms with Crippen LogP contribution in [0.15, 0.2) is 413 Å². The average molecular weight is 2420 g/mol. The summed E-state index contributed by atoms with van der Waals surface area (Å²) in [5, 5.41) is 0. The zero-order valence-electron chi connectivity index (χ0n) is 73.7. The third-order valence-electron chi connectivity index (χ3n) is 22.6.